The number of nitrogens with one attached hydrogen (secondary N) is 1. The highest BCUT2D eigenvalue weighted by molar-refractivity contribution is 6.04. The number of nitrogens with zero attached hydrogens (tertiary/aromatic N) is 2. The summed E-state index contributed by atoms with van der Waals surface area (Å²) in [6.45, 7) is 2.59. The van der Waals surface area contributed by atoms with Crippen LogP contribution in [0.25, 0.3) is 10.8 Å². The molecule has 0 aliphatic heterocycles. The second-order valence-electron chi connectivity index (χ2n) is 7.39. The lowest BCUT2D eigenvalue weighted by Gasteiger charge is -2.26. The van der Waals surface area contributed by atoms with Crippen molar-refractivity contribution in [2.24, 2.45) is 0 Å². The van der Waals surface area contributed by atoms with E-state index in [0.717, 1.165) is 32.1 Å². The first-order valence-corrected chi connectivity index (χ1v) is 10.1. The molecule has 0 radical (unpaired) electrons. The van der Waals surface area contributed by atoms with Crippen LogP contribution in [-0.2, 0) is 13.0 Å². The van der Waals surface area contributed by atoms with Gasteiger partial charge in [0, 0.05) is 11.9 Å². The number of amides is 1. The van der Waals surface area contributed by atoms with Gasteiger partial charge in [0.05, 0.1) is 11.4 Å². The van der Waals surface area contributed by atoms with Gasteiger partial charge in [-0.3, -0.25) is 9.59 Å². The smallest absolute Gasteiger partial charge is 0.274 e. The van der Waals surface area contributed by atoms with Crippen molar-refractivity contribution in [3.8, 4) is 0 Å². The van der Waals surface area contributed by atoms with Gasteiger partial charge in [-0.1, -0.05) is 55.8 Å². The van der Waals surface area contributed by atoms with Crippen molar-refractivity contribution in [1.82, 2.24) is 15.1 Å². The Balaban J connectivity index is 1.72. The molecule has 1 aromatic heterocycles. The molecular weight excluding hydrogens is 350 g/mol. The fourth-order valence-electron chi connectivity index (χ4n) is 3.99. The number of rotatable bonds is 5. The standard InChI is InChI=1S/C23H25N3O2/c1-2-3-15-26-23(28)19-13-7-6-12-18(19)21(25-26)22(27)24-20-14-8-10-16-9-4-5-11-17(16)20/h4-7,9,11-13,20H,2-3,8,10,14-15H2,1H3,(H,24,27)/t20-/m1/s1. The number of fused-ring (bicyclic) bond motifs is 2. The summed E-state index contributed by atoms with van der Waals surface area (Å²) in [5.41, 5.74) is 2.67. The third-order valence-corrected chi connectivity index (χ3v) is 5.48. The minimum Gasteiger partial charge on any atom is -0.344 e. The van der Waals surface area contributed by atoms with Crippen molar-refractivity contribution in [1.29, 1.82) is 0 Å². The predicted octanol–water partition coefficient (Wildman–Crippen LogP) is 4.00. The quantitative estimate of drug-likeness (QED) is 0.733. The van der Waals surface area contributed by atoms with Crippen LogP contribution >= 0.6 is 0 Å². The van der Waals surface area contributed by atoms with Crippen molar-refractivity contribution in [3.05, 3.63) is 75.7 Å². The Morgan fingerprint density at radius 1 is 1.14 bits per heavy atom. The lowest BCUT2D eigenvalue weighted by molar-refractivity contribution is 0.0927. The molecule has 0 saturated heterocycles. The summed E-state index contributed by atoms with van der Waals surface area (Å²) in [5, 5.41) is 8.78. The van der Waals surface area contributed by atoms with Crippen LogP contribution in [0.1, 0.15) is 60.3 Å². The van der Waals surface area contributed by atoms with Crippen LogP contribution in [0.4, 0.5) is 0 Å². The molecule has 144 valence electrons. The van der Waals surface area contributed by atoms with E-state index in [2.05, 4.69) is 29.5 Å². The average Bonchev–Trinajstić information content (AvgIpc) is 2.73. The van der Waals surface area contributed by atoms with Crippen LogP contribution in [0.5, 0.6) is 0 Å². The first-order chi connectivity index (χ1) is 13.7. The van der Waals surface area contributed by atoms with Gasteiger partial charge >= 0.3 is 0 Å². The highest BCUT2D eigenvalue weighted by Gasteiger charge is 2.24. The number of carbonyl (C=O) groups is 1. The molecule has 0 bridgehead atoms. The van der Waals surface area contributed by atoms with E-state index in [1.54, 1.807) is 12.1 Å². The van der Waals surface area contributed by atoms with Gasteiger partial charge in [0.2, 0.25) is 0 Å². The van der Waals surface area contributed by atoms with Crippen molar-refractivity contribution < 1.29 is 4.79 Å². The summed E-state index contributed by atoms with van der Waals surface area (Å²) in [6, 6.07) is 15.5. The largest absolute Gasteiger partial charge is 0.344 e. The van der Waals surface area contributed by atoms with Crippen LogP contribution in [0, 0.1) is 0 Å². The minimum atomic E-state index is -0.219. The number of unbranched alkanes of at least 4 members (excludes halogenated alkanes) is 1. The highest BCUT2D eigenvalue weighted by atomic mass is 16.2. The first kappa shape index (κ1) is 18.4. The molecular formula is C23H25N3O2. The number of benzene rings is 2. The molecule has 1 N–H and O–H groups in total. The molecule has 0 spiro atoms. The van der Waals surface area contributed by atoms with Gasteiger partial charge in [0.1, 0.15) is 0 Å². The van der Waals surface area contributed by atoms with Crippen molar-refractivity contribution in [2.75, 3.05) is 0 Å². The maximum Gasteiger partial charge on any atom is 0.274 e. The Kier molecular flexibility index (Phi) is 5.24. The molecule has 28 heavy (non-hydrogen) atoms. The highest BCUT2D eigenvalue weighted by Crippen LogP contribution is 2.29. The van der Waals surface area contributed by atoms with Gasteiger partial charge in [-0.15, -0.1) is 0 Å². The van der Waals surface area contributed by atoms with E-state index in [1.165, 1.54) is 15.8 Å². The van der Waals surface area contributed by atoms with E-state index in [4.69, 9.17) is 0 Å². The molecule has 0 saturated carbocycles. The molecule has 0 fully saturated rings. The fraction of sp³-hybridized carbons (Fsp3) is 0.348. The van der Waals surface area contributed by atoms with Gasteiger partial charge in [0.15, 0.2) is 5.69 Å². The summed E-state index contributed by atoms with van der Waals surface area (Å²) in [6.07, 6.45) is 4.82. The zero-order valence-electron chi connectivity index (χ0n) is 16.1. The van der Waals surface area contributed by atoms with E-state index in [1.807, 2.05) is 24.3 Å². The number of hydrogen-bond acceptors (Lipinski definition) is 3. The lowest BCUT2D eigenvalue weighted by Crippen LogP contribution is -2.34. The molecule has 0 unspecified atom stereocenters. The van der Waals surface area contributed by atoms with Crippen molar-refractivity contribution in [2.45, 2.75) is 51.6 Å². The molecule has 1 heterocycles. The average molecular weight is 375 g/mol. The number of aryl methyl sites for hydroxylation is 2. The molecule has 1 amide bonds. The lowest BCUT2D eigenvalue weighted by atomic mass is 9.87. The molecule has 2 aromatic carbocycles. The van der Waals surface area contributed by atoms with Gasteiger partial charge in [0.25, 0.3) is 11.5 Å². The zero-order chi connectivity index (χ0) is 19.5. The summed E-state index contributed by atoms with van der Waals surface area (Å²) in [5.74, 6) is -0.219. The molecule has 1 aliphatic carbocycles. The third kappa shape index (κ3) is 3.44. The SMILES string of the molecule is CCCCn1nc(C(=O)N[C@@H]2CCCc3ccccc32)c2ccccc2c1=O. The molecule has 5 heteroatoms. The zero-order valence-corrected chi connectivity index (χ0v) is 16.1. The normalized spacial score (nSPS) is 16.0. The molecule has 1 aliphatic rings. The van der Waals surface area contributed by atoms with Crippen LogP contribution < -0.4 is 10.9 Å². The number of hydrogen-bond donors (Lipinski definition) is 1. The molecule has 5 nitrogen and oxygen atoms in total. The third-order valence-electron chi connectivity index (χ3n) is 5.48. The summed E-state index contributed by atoms with van der Waals surface area (Å²) < 4.78 is 1.44. The van der Waals surface area contributed by atoms with Crippen LogP contribution in [0.15, 0.2) is 53.3 Å². The van der Waals surface area contributed by atoms with Gasteiger partial charge in [-0.2, -0.15) is 5.10 Å². The Labute approximate surface area is 164 Å². The fourth-order valence-corrected chi connectivity index (χ4v) is 3.99. The minimum absolute atomic E-state index is 0.0194. The predicted molar refractivity (Wildman–Crippen MR) is 110 cm³/mol. The second-order valence-corrected chi connectivity index (χ2v) is 7.39. The van der Waals surface area contributed by atoms with E-state index in [-0.39, 0.29) is 17.5 Å². The van der Waals surface area contributed by atoms with E-state index >= 15 is 0 Å². The Morgan fingerprint density at radius 3 is 2.71 bits per heavy atom. The molecule has 1 atom stereocenters. The van der Waals surface area contributed by atoms with Crippen molar-refractivity contribution in [3.63, 3.8) is 0 Å². The Bertz CT molecular complexity index is 1070. The molecule has 4 rings (SSSR count). The van der Waals surface area contributed by atoms with Crippen LogP contribution in [-0.4, -0.2) is 15.7 Å². The summed E-state index contributed by atoms with van der Waals surface area (Å²) >= 11 is 0. The summed E-state index contributed by atoms with van der Waals surface area (Å²) in [4.78, 5) is 25.9. The van der Waals surface area contributed by atoms with E-state index in [9.17, 15) is 9.59 Å². The van der Waals surface area contributed by atoms with Crippen LogP contribution in [0.3, 0.4) is 0 Å². The topological polar surface area (TPSA) is 64.0 Å². The van der Waals surface area contributed by atoms with Gasteiger partial charge in [-0.05, 0) is 42.9 Å². The van der Waals surface area contributed by atoms with Gasteiger partial charge in [-0.25, -0.2) is 4.68 Å². The van der Waals surface area contributed by atoms with E-state index in [0.29, 0.717) is 23.0 Å². The Morgan fingerprint density at radius 2 is 1.89 bits per heavy atom. The van der Waals surface area contributed by atoms with E-state index < -0.39 is 0 Å². The summed E-state index contributed by atoms with van der Waals surface area (Å²) in [7, 11) is 0. The maximum atomic E-state index is 13.2. The number of aromatic nitrogens is 2. The second kappa shape index (κ2) is 7.97. The Hall–Kier alpha value is -2.95. The maximum absolute atomic E-state index is 13.2. The first-order valence-electron chi connectivity index (χ1n) is 10.1. The monoisotopic (exact) mass is 375 g/mol. The number of carbonyl (C=O) groups excluding carboxylic acids is 1. The van der Waals surface area contributed by atoms with Crippen LogP contribution in [0.2, 0.25) is 0 Å². The van der Waals surface area contributed by atoms with Gasteiger partial charge < -0.3 is 5.32 Å². The van der Waals surface area contributed by atoms with Crippen molar-refractivity contribution >= 4 is 16.7 Å². The molecule has 3 aromatic rings.